The third-order valence-corrected chi connectivity index (χ3v) is 5.46. The minimum Gasteiger partial charge on any atom is -0.383 e. The lowest BCUT2D eigenvalue weighted by molar-refractivity contribution is 0.705. The monoisotopic (exact) mass is 380 g/mol. The molecule has 0 saturated heterocycles. The van der Waals surface area contributed by atoms with Crippen LogP contribution in [0.2, 0.25) is 0 Å². The average Bonchev–Trinajstić information content (AvgIpc) is 3.17. The van der Waals surface area contributed by atoms with Crippen molar-refractivity contribution in [2.24, 2.45) is 14.1 Å². The summed E-state index contributed by atoms with van der Waals surface area (Å²) in [5.74, 6) is 0.675. The van der Waals surface area contributed by atoms with Crippen molar-refractivity contribution >= 4 is 22.6 Å². The van der Waals surface area contributed by atoms with Crippen LogP contribution in [0.25, 0.3) is 16.9 Å². The van der Waals surface area contributed by atoms with Gasteiger partial charge in [0.05, 0.1) is 0 Å². The van der Waals surface area contributed by atoms with Crippen molar-refractivity contribution in [1.82, 2.24) is 23.1 Å². The number of hydrogen-bond donors (Lipinski definition) is 1. The molecule has 3 heterocycles. The molecule has 4 rings (SSSR count). The van der Waals surface area contributed by atoms with Gasteiger partial charge in [-0.1, -0.05) is 17.7 Å². The first-order chi connectivity index (χ1) is 13.3. The average molecular weight is 380 g/mol. The number of anilines is 1. The number of nitrogens with zero attached hydrogens (tertiary/aromatic N) is 5. The molecule has 0 atom stereocenters. The van der Waals surface area contributed by atoms with Gasteiger partial charge in [0.1, 0.15) is 0 Å². The summed E-state index contributed by atoms with van der Waals surface area (Å²) in [5.41, 5.74) is 4.42. The molecule has 0 bridgehead atoms. The van der Waals surface area contributed by atoms with Crippen molar-refractivity contribution < 1.29 is 0 Å². The lowest BCUT2D eigenvalue weighted by atomic mass is 10.2. The highest BCUT2D eigenvalue weighted by Crippen LogP contribution is 2.20. The maximum absolute atomic E-state index is 12.7. The van der Waals surface area contributed by atoms with E-state index >= 15 is 0 Å². The molecule has 0 amide bonds. The van der Waals surface area contributed by atoms with E-state index in [0.717, 1.165) is 21.6 Å². The zero-order valence-electron chi connectivity index (χ0n) is 16.8. The molecule has 0 aliphatic rings. The van der Waals surface area contributed by atoms with E-state index in [4.69, 9.17) is 0 Å². The Hall–Kier alpha value is -3.29. The Labute approximate surface area is 161 Å². The first-order valence-electron chi connectivity index (χ1n) is 9.25. The lowest BCUT2D eigenvalue weighted by Crippen LogP contribution is -2.37. The molecule has 8 nitrogen and oxygen atoms in total. The van der Waals surface area contributed by atoms with Crippen LogP contribution in [0.1, 0.15) is 17.0 Å². The second kappa shape index (κ2) is 6.40. The summed E-state index contributed by atoms with van der Waals surface area (Å²) in [6.45, 7) is 7.46. The summed E-state index contributed by atoms with van der Waals surface area (Å²) in [6, 6.07) is 8.26. The van der Waals surface area contributed by atoms with E-state index in [1.807, 2.05) is 18.2 Å². The minimum atomic E-state index is -0.375. The van der Waals surface area contributed by atoms with E-state index in [2.05, 4.69) is 46.1 Å². The first kappa shape index (κ1) is 18.1. The molecule has 4 aromatic rings. The zero-order chi connectivity index (χ0) is 20.2. The maximum atomic E-state index is 12.7. The Morgan fingerprint density at radius 2 is 1.64 bits per heavy atom. The van der Waals surface area contributed by atoms with Gasteiger partial charge in [-0.2, -0.15) is 4.98 Å². The van der Waals surface area contributed by atoms with Gasteiger partial charge in [-0.15, -0.1) is 0 Å². The van der Waals surface area contributed by atoms with Crippen molar-refractivity contribution in [2.75, 3.05) is 11.9 Å². The third-order valence-electron chi connectivity index (χ3n) is 5.46. The third kappa shape index (κ3) is 2.56. The molecular formula is C20H24N6O2. The van der Waals surface area contributed by atoms with Crippen LogP contribution >= 0.6 is 0 Å². The number of aromatic nitrogens is 5. The summed E-state index contributed by atoms with van der Waals surface area (Å²) >= 11 is 0. The molecular weight excluding hydrogens is 356 g/mol. The highest BCUT2D eigenvalue weighted by atomic mass is 16.2. The Balaban J connectivity index is 1.79. The summed E-state index contributed by atoms with van der Waals surface area (Å²) in [7, 11) is 3.14. The zero-order valence-corrected chi connectivity index (χ0v) is 16.8. The summed E-state index contributed by atoms with van der Waals surface area (Å²) in [5, 5.41) is 3.42. The van der Waals surface area contributed by atoms with Crippen LogP contribution in [0.15, 0.2) is 33.9 Å². The predicted molar refractivity (Wildman–Crippen MR) is 110 cm³/mol. The lowest BCUT2D eigenvalue weighted by Gasteiger charge is -2.09. The predicted octanol–water partition coefficient (Wildman–Crippen LogP) is 1.72. The van der Waals surface area contributed by atoms with Crippen molar-refractivity contribution in [2.45, 2.75) is 27.3 Å². The van der Waals surface area contributed by atoms with Gasteiger partial charge in [0, 0.05) is 44.3 Å². The van der Waals surface area contributed by atoms with Gasteiger partial charge in [-0.25, -0.2) is 4.79 Å². The Morgan fingerprint density at radius 3 is 2.32 bits per heavy atom. The highest BCUT2D eigenvalue weighted by molar-refractivity contribution is 5.76. The Bertz CT molecular complexity index is 1320. The van der Waals surface area contributed by atoms with Gasteiger partial charge in [0.2, 0.25) is 5.78 Å². The second-order valence-corrected chi connectivity index (χ2v) is 7.24. The fourth-order valence-corrected chi connectivity index (χ4v) is 3.64. The van der Waals surface area contributed by atoms with E-state index in [1.54, 1.807) is 7.05 Å². The number of benzene rings is 1. The smallest absolute Gasteiger partial charge is 0.332 e. The molecule has 0 unspecified atom stereocenters. The van der Waals surface area contributed by atoms with Crippen molar-refractivity contribution in [3.63, 3.8) is 0 Å². The molecule has 0 fully saturated rings. The topological polar surface area (TPSA) is 78.3 Å². The van der Waals surface area contributed by atoms with Crippen LogP contribution in [-0.4, -0.2) is 29.6 Å². The van der Waals surface area contributed by atoms with Gasteiger partial charge in [-0.05, 0) is 32.9 Å². The van der Waals surface area contributed by atoms with E-state index < -0.39 is 0 Å². The molecule has 0 saturated carbocycles. The van der Waals surface area contributed by atoms with Crippen LogP contribution in [-0.2, 0) is 20.6 Å². The largest absolute Gasteiger partial charge is 0.383 e. The Kier molecular flexibility index (Phi) is 4.14. The summed E-state index contributed by atoms with van der Waals surface area (Å²) in [4.78, 5) is 29.6. The molecule has 8 heteroatoms. The Morgan fingerprint density at radius 1 is 0.964 bits per heavy atom. The second-order valence-electron chi connectivity index (χ2n) is 7.24. The number of fused-ring (bicyclic) bond motifs is 3. The molecule has 146 valence electrons. The molecule has 28 heavy (non-hydrogen) atoms. The molecule has 0 aliphatic heterocycles. The van der Waals surface area contributed by atoms with Gasteiger partial charge < -0.3 is 9.88 Å². The maximum Gasteiger partial charge on any atom is 0.332 e. The van der Waals surface area contributed by atoms with Crippen molar-refractivity contribution in [3.05, 3.63) is 62.1 Å². The van der Waals surface area contributed by atoms with Crippen LogP contribution in [0, 0.1) is 20.8 Å². The van der Waals surface area contributed by atoms with Gasteiger partial charge >= 0.3 is 5.69 Å². The standard InChI is InChI=1S/C20H24N6O2/c1-12-6-8-15(9-7-12)21-10-11-25-13(2)14(3)26-16-17(22-19(25)26)23(4)20(28)24(5)18(16)27/h6-9,21H,10-11H2,1-5H3. The van der Waals surface area contributed by atoms with Crippen LogP contribution in [0.3, 0.4) is 0 Å². The number of nitrogens with one attached hydrogen (secondary N) is 1. The van der Waals surface area contributed by atoms with E-state index in [1.165, 1.54) is 17.2 Å². The molecule has 0 aliphatic carbocycles. The number of hydrogen-bond acceptors (Lipinski definition) is 4. The van der Waals surface area contributed by atoms with Crippen LogP contribution in [0.4, 0.5) is 5.69 Å². The SMILES string of the molecule is Cc1ccc(NCCn2c(C)c(C)n3c4c(=O)n(C)c(=O)n(C)c4nc23)cc1. The minimum absolute atomic E-state index is 0.330. The molecule has 1 aromatic carbocycles. The van der Waals surface area contributed by atoms with E-state index in [-0.39, 0.29) is 11.2 Å². The fraction of sp³-hybridized carbons (Fsp3) is 0.350. The number of imidazole rings is 2. The van der Waals surface area contributed by atoms with Crippen molar-refractivity contribution in [3.8, 4) is 0 Å². The first-order valence-corrected chi connectivity index (χ1v) is 9.25. The van der Waals surface area contributed by atoms with Crippen LogP contribution < -0.4 is 16.6 Å². The molecule has 3 aromatic heterocycles. The molecule has 0 radical (unpaired) electrons. The summed E-state index contributed by atoms with van der Waals surface area (Å²) in [6.07, 6.45) is 0. The quantitative estimate of drug-likeness (QED) is 0.585. The molecule has 0 spiro atoms. The molecule has 1 N–H and O–H groups in total. The summed E-state index contributed by atoms with van der Waals surface area (Å²) < 4.78 is 6.49. The van der Waals surface area contributed by atoms with Gasteiger partial charge in [-0.3, -0.25) is 18.3 Å². The van der Waals surface area contributed by atoms with Gasteiger partial charge in [0.15, 0.2) is 11.2 Å². The van der Waals surface area contributed by atoms with E-state index in [9.17, 15) is 9.59 Å². The van der Waals surface area contributed by atoms with E-state index in [0.29, 0.717) is 30.0 Å². The number of aryl methyl sites for hydroxylation is 3. The number of rotatable bonds is 4. The highest BCUT2D eigenvalue weighted by Gasteiger charge is 2.21. The van der Waals surface area contributed by atoms with Gasteiger partial charge in [0.25, 0.3) is 5.56 Å². The van der Waals surface area contributed by atoms with Crippen LogP contribution in [0.5, 0.6) is 0 Å². The van der Waals surface area contributed by atoms with Crippen molar-refractivity contribution in [1.29, 1.82) is 0 Å². The normalized spacial score (nSPS) is 11.6. The fourth-order valence-electron chi connectivity index (χ4n) is 3.64.